The number of esters is 1. The molecule has 116 valence electrons. The highest BCUT2D eigenvalue weighted by atomic mass is 16.6. The first-order valence-electron chi connectivity index (χ1n) is 7.24. The first-order chi connectivity index (χ1) is 9.90. The predicted molar refractivity (Wildman–Crippen MR) is 79.4 cm³/mol. The van der Waals surface area contributed by atoms with E-state index in [9.17, 15) is 4.79 Å². The molecule has 6 nitrogen and oxygen atoms in total. The van der Waals surface area contributed by atoms with Gasteiger partial charge >= 0.3 is 5.97 Å². The summed E-state index contributed by atoms with van der Waals surface area (Å²) in [5.74, 6) is 1.58. The zero-order valence-corrected chi connectivity index (χ0v) is 13.3. The molecule has 0 bridgehead atoms. The van der Waals surface area contributed by atoms with Crippen LogP contribution in [0.15, 0.2) is 6.07 Å². The molecule has 0 aromatic carbocycles. The van der Waals surface area contributed by atoms with Gasteiger partial charge in [0, 0.05) is 24.2 Å². The molecule has 0 radical (unpaired) electrons. The first kappa shape index (κ1) is 15.7. The van der Waals surface area contributed by atoms with Gasteiger partial charge in [0.2, 0.25) is 0 Å². The molecule has 1 fully saturated rings. The summed E-state index contributed by atoms with van der Waals surface area (Å²) in [6.45, 7) is 9.18. The van der Waals surface area contributed by atoms with Crippen molar-refractivity contribution in [1.29, 1.82) is 0 Å². The lowest BCUT2D eigenvalue weighted by Gasteiger charge is -2.36. The van der Waals surface area contributed by atoms with Crippen LogP contribution in [-0.2, 0) is 14.3 Å². The fourth-order valence-corrected chi connectivity index (χ4v) is 2.39. The standard InChI is InChI=1S/C15H23N3O3/c1-9(2)14-16-10(3)6-13(17-14)18-7-11(4)21-12(8-18)15(19)20-5/h6,9,11-12H,7-8H2,1-5H3/t11-,12?/m0/s1. The van der Waals surface area contributed by atoms with Gasteiger partial charge in [0.1, 0.15) is 11.6 Å². The van der Waals surface area contributed by atoms with E-state index in [0.29, 0.717) is 13.1 Å². The van der Waals surface area contributed by atoms with Crippen molar-refractivity contribution < 1.29 is 14.3 Å². The van der Waals surface area contributed by atoms with Gasteiger partial charge in [0.05, 0.1) is 19.8 Å². The SMILES string of the molecule is COC(=O)C1CN(c2cc(C)nc(C(C)C)n2)C[C@H](C)O1. The highest BCUT2D eigenvalue weighted by Gasteiger charge is 2.32. The average molecular weight is 293 g/mol. The smallest absolute Gasteiger partial charge is 0.336 e. The van der Waals surface area contributed by atoms with Crippen LogP contribution in [-0.4, -0.2) is 48.3 Å². The summed E-state index contributed by atoms with van der Waals surface area (Å²) in [6.07, 6.45) is -0.628. The van der Waals surface area contributed by atoms with Crippen molar-refractivity contribution in [3.63, 3.8) is 0 Å². The molecule has 6 heteroatoms. The van der Waals surface area contributed by atoms with Crippen molar-refractivity contribution in [3.05, 3.63) is 17.6 Å². The zero-order chi connectivity index (χ0) is 15.6. The van der Waals surface area contributed by atoms with Crippen LogP contribution in [0.4, 0.5) is 5.82 Å². The highest BCUT2D eigenvalue weighted by molar-refractivity contribution is 5.75. The molecule has 0 saturated carbocycles. The largest absolute Gasteiger partial charge is 0.467 e. The molecule has 1 aliphatic heterocycles. The number of morpholine rings is 1. The van der Waals surface area contributed by atoms with Crippen LogP contribution in [0, 0.1) is 6.92 Å². The predicted octanol–water partition coefficient (Wildman–Crippen LogP) is 1.68. The second-order valence-corrected chi connectivity index (χ2v) is 5.74. The molecule has 1 aromatic rings. The van der Waals surface area contributed by atoms with E-state index in [2.05, 4.69) is 28.7 Å². The van der Waals surface area contributed by atoms with Gasteiger partial charge in [-0.05, 0) is 13.8 Å². The highest BCUT2D eigenvalue weighted by Crippen LogP contribution is 2.21. The van der Waals surface area contributed by atoms with Crippen LogP contribution < -0.4 is 4.90 Å². The topological polar surface area (TPSA) is 64.5 Å². The Kier molecular flexibility index (Phi) is 4.77. The molecule has 21 heavy (non-hydrogen) atoms. The number of carbonyl (C=O) groups excluding carboxylic acids is 1. The van der Waals surface area contributed by atoms with Crippen molar-refractivity contribution >= 4 is 11.8 Å². The lowest BCUT2D eigenvalue weighted by molar-refractivity contribution is -0.158. The lowest BCUT2D eigenvalue weighted by Crippen LogP contribution is -2.50. The van der Waals surface area contributed by atoms with Crippen molar-refractivity contribution in [2.75, 3.05) is 25.1 Å². The summed E-state index contributed by atoms with van der Waals surface area (Å²) in [6, 6.07) is 1.94. The molecule has 2 heterocycles. The van der Waals surface area contributed by atoms with E-state index in [1.54, 1.807) is 0 Å². The number of hydrogen-bond acceptors (Lipinski definition) is 6. The maximum atomic E-state index is 11.7. The van der Waals surface area contributed by atoms with Crippen molar-refractivity contribution in [2.45, 2.75) is 45.8 Å². The number of hydrogen-bond donors (Lipinski definition) is 0. The Labute approximate surface area is 125 Å². The molecule has 0 N–H and O–H groups in total. The fourth-order valence-electron chi connectivity index (χ4n) is 2.39. The molecule has 0 aliphatic carbocycles. The van der Waals surface area contributed by atoms with E-state index in [1.807, 2.05) is 19.9 Å². The number of nitrogens with zero attached hydrogens (tertiary/aromatic N) is 3. The monoisotopic (exact) mass is 293 g/mol. The van der Waals surface area contributed by atoms with Gasteiger partial charge in [0.15, 0.2) is 6.10 Å². The molecule has 1 aromatic heterocycles. The molecule has 1 unspecified atom stereocenters. The number of carbonyl (C=O) groups is 1. The second kappa shape index (κ2) is 6.39. The molecule has 2 atom stereocenters. The van der Waals surface area contributed by atoms with Crippen LogP contribution in [0.25, 0.3) is 0 Å². The Morgan fingerprint density at radius 2 is 2.14 bits per heavy atom. The number of aromatic nitrogens is 2. The van der Waals surface area contributed by atoms with Crippen molar-refractivity contribution in [2.24, 2.45) is 0 Å². The van der Waals surface area contributed by atoms with Crippen molar-refractivity contribution in [1.82, 2.24) is 9.97 Å². The van der Waals surface area contributed by atoms with Crippen LogP contribution in [0.5, 0.6) is 0 Å². The molecule has 1 aliphatic rings. The van der Waals surface area contributed by atoms with E-state index < -0.39 is 6.10 Å². The zero-order valence-electron chi connectivity index (χ0n) is 13.3. The van der Waals surface area contributed by atoms with Crippen LogP contribution >= 0.6 is 0 Å². The second-order valence-electron chi connectivity index (χ2n) is 5.74. The van der Waals surface area contributed by atoms with Crippen LogP contribution in [0.3, 0.4) is 0 Å². The van der Waals surface area contributed by atoms with E-state index in [4.69, 9.17) is 9.47 Å². The minimum absolute atomic E-state index is 0.0550. The molecule has 0 amide bonds. The summed E-state index contributed by atoms with van der Waals surface area (Å²) in [4.78, 5) is 22.9. The van der Waals surface area contributed by atoms with E-state index in [0.717, 1.165) is 17.3 Å². The summed E-state index contributed by atoms with van der Waals surface area (Å²) >= 11 is 0. The number of ether oxygens (including phenoxy) is 2. The van der Waals surface area contributed by atoms with Crippen LogP contribution in [0.2, 0.25) is 0 Å². The molecule has 1 saturated heterocycles. The van der Waals surface area contributed by atoms with Gasteiger partial charge in [-0.1, -0.05) is 13.8 Å². The summed E-state index contributed by atoms with van der Waals surface area (Å²) < 4.78 is 10.4. The Morgan fingerprint density at radius 3 is 2.76 bits per heavy atom. The molecule has 0 spiro atoms. The van der Waals surface area contributed by atoms with Crippen molar-refractivity contribution in [3.8, 4) is 0 Å². The average Bonchev–Trinajstić information content (AvgIpc) is 2.45. The molecular weight excluding hydrogens is 270 g/mol. The molecule has 2 rings (SSSR count). The summed E-state index contributed by atoms with van der Waals surface area (Å²) in [5.41, 5.74) is 0.928. The van der Waals surface area contributed by atoms with E-state index in [-0.39, 0.29) is 18.0 Å². The Hall–Kier alpha value is -1.69. The Bertz CT molecular complexity index is 519. The molecular formula is C15H23N3O3. The Morgan fingerprint density at radius 1 is 1.43 bits per heavy atom. The van der Waals surface area contributed by atoms with E-state index >= 15 is 0 Å². The van der Waals surface area contributed by atoms with Gasteiger partial charge < -0.3 is 14.4 Å². The normalized spacial score (nSPS) is 22.5. The number of anilines is 1. The van der Waals surface area contributed by atoms with Gasteiger partial charge in [-0.3, -0.25) is 0 Å². The lowest BCUT2D eigenvalue weighted by atomic mass is 10.2. The number of aryl methyl sites for hydroxylation is 1. The minimum Gasteiger partial charge on any atom is -0.467 e. The van der Waals surface area contributed by atoms with Gasteiger partial charge in [-0.15, -0.1) is 0 Å². The maximum absolute atomic E-state index is 11.7. The third-order valence-electron chi connectivity index (χ3n) is 3.42. The van der Waals surface area contributed by atoms with Gasteiger partial charge in [0.25, 0.3) is 0 Å². The summed E-state index contributed by atoms with van der Waals surface area (Å²) in [5, 5.41) is 0. The minimum atomic E-state index is -0.573. The first-order valence-corrected chi connectivity index (χ1v) is 7.24. The quantitative estimate of drug-likeness (QED) is 0.790. The van der Waals surface area contributed by atoms with Gasteiger partial charge in [-0.2, -0.15) is 0 Å². The maximum Gasteiger partial charge on any atom is 0.336 e. The fraction of sp³-hybridized carbons (Fsp3) is 0.667. The van der Waals surface area contributed by atoms with Gasteiger partial charge in [-0.25, -0.2) is 14.8 Å². The third-order valence-corrected chi connectivity index (χ3v) is 3.42. The summed E-state index contributed by atoms with van der Waals surface area (Å²) in [7, 11) is 1.38. The third kappa shape index (κ3) is 3.69. The number of rotatable bonds is 3. The number of methoxy groups -OCH3 is 1. The van der Waals surface area contributed by atoms with Crippen LogP contribution in [0.1, 0.15) is 38.2 Å². The van der Waals surface area contributed by atoms with E-state index in [1.165, 1.54) is 7.11 Å². The Balaban J connectivity index is 2.26.